The van der Waals surface area contributed by atoms with Gasteiger partial charge < -0.3 is 10.6 Å². The van der Waals surface area contributed by atoms with Crippen LogP contribution >= 0.6 is 11.8 Å². The van der Waals surface area contributed by atoms with Crippen molar-refractivity contribution in [3.63, 3.8) is 0 Å². The molecule has 1 aliphatic rings. The molecule has 1 unspecified atom stereocenters. The van der Waals surface area contributed by atoms with Crippen LogP contribution in [0.5, 0.6) is 0 Å². The quantitative estimate of drug-likeness (QED) is 0.832. The van der Waals surface area contributed by atoms with E-state index < -0.39 is 0 Å². The predicted molar refractivity (Wildman–Crippen MR) is 80.4 cm³/mol. The summed E-state index contributed by atoms with van der Waals surface area (Å²) < 4.78 is 0. The summed E-state index contributed by atoms with van der Waals surface area (Å²) in [5.41, 5.74) is 1.15. The molecule has 0 aromatic heterocycles. The molecule has 2 rings (SSSR count). The van der Waals surface area contributed by atoms with E-state index in [-0.39, 0.29) is 18.0 Å². The topological polar surface area (TPSA) is 41.1 Å². The first kappa shape index (κ1) is 14.4. The minimum atomic E-state index is -0.0123. The fourth-order valence-corrected chi connectivity index (χ4v) is 2.77. The third kappa shape index (κ3) is 3.98. The van der Waals surface area contributed by atoms with E-state index in [1.165, 1.54) is 11.3 Å². The zero-order valence-corrected chi connectivity index (χ0v) is 12.4. The highest BCUT2D eigenvalue weighted by Gasteiger charge is 2.21. The van der Waals surface area contributed by atoms with Crippen molar-refractivity contribution in [2.75, 3.05) is 12.8 Å². The maximum atomic E-state index is 12.1. The van der Waals surface area contributed by atoms with Gasteiger partial charge in [0.25, 0.3) is 0 Å². The standard InChI is InChI=1S/C15H22N2OS/c1-11(12-6-8-13(19-2)9-7-12)17-15(18)14-5-3-4-10-16-14/h6-9,11,14,16H,3-5,10H2,1-2H3,(H,17,18)/t11?,14-/m0/s1. The molecule has 4 heteroatoms. The van der Waals surface area contributed by atoms with Gasteiger partial charge in [-0.15, -0.1) is 11.8 Å². The summed E-state index contributed by atoms with van der Waals surface area (Å²) in [7, 11) is 0. The van der Waals surface area contributed by atoms with E-state index in [9.17, 15) is 4.79 Å². The van der Waals surface area contributed by atoms with Gasteiger partial charge >= 0.3 is 0 Å². The molecule has 1 fully saturated rings. The van der Waals surface area contributed by atoms with Crippen LogP contribution in [-0.4, -0.2) is 24.7 Å². The van der Waals surface area contributed by atoms with Gasteiger partial charge in [0.1, 0.15) is 0 Å². The summed E-state index contributed by atoms with van der Waals surface area (Å²) >= 11 is 1.73. The van der Waals surface area contributed by atoms with Crippen LogP contribution in [0.4, 0.5) is 0 Å². The largest absolute Gasteiger partial charge is 0.348 e. The molecule has 0 radical (unpaired) electrons. The molecule has 19 heavy (non-hydrogen) atoms. The molecule has 1 aliphatic heterocycles. The third-order valence-electron chi connectivity index (χ3n) is 3.60. The van der Waals surface area contributed by atoms with E-state index in [1.807, 2.05) is 6.92 Å². The van der Waals surface area contributed by atoms with Gasteiger partial charge in [0.15, 0.2) is 0 Å². The number of thioether (sulfide) groups is 1. The minimum Gasteiger partial charge on any atom is -0.348 e. The Morgan fingerprint density at radius 2 is 2.11 bits per heavy atom. The highest BCUT2D eigenvalue weighted by atomic mass is 32.2. The van der Waals surface area contributed by atoms with Gasteiger partial charge in [-0.1, -0.05) is 18.6 Å². The second-order valence-electron chi connectivity index (χ2n) is 5.01. The van der Waals surface area contributed by atoms with Crippen LogP contribution in [-0.2, 0) is 4.79 Å². The highest BCUT2D eigenvalue weighted by molar-refractivity contribution is 7.98. The Morgan fingerprint density at radius 1 is 1.37 bits per heavy atom. The summed E-state index contributed by atoms with van der Waals surface area (Å²) in [6, 6.07) is 8.42. The van der Waals surface area contributed by atoms with Crippen molar-refractivity contribution in [3.8, 4) is 0 Å². The lowest BCUT2D eigenvalue weighted by Crippen LogP contribution is -2.47. The minimum absolute atomic E-state index is 0.0123. The summed E-state index contributed by atoms with van der Waals surface area (Å²) in [5.74, 6) is 0.126. The number of amides is 1. The second kappa shape index (κ2) is 6.96. The highest BCUT2D eigenvalue weighted by Crippen LogP contribution is 2.19. The maximum absolute atomic E-state index is 12.1. The number of hydrogen-bond donors (Lipinski definition) is 2. The lowest BCUT2D eigenvalue weighted by atomic mass is 10.0. The molecule has 0 saturated carbocycles. The molecule has 2 atom stereocenters. The monoisotopic (exact) mass is 278 g/mol. The summed E-state index contributed by atoms with van der Waals surface area (Å²) in [4.78, 5) is 13.4. The van der Waals surface area contributed by atoms with Crippen molar-refractivity contribution in [1.82, 2.24) is 10.6 Å². The first-order valence-electron chi connectivity index (χ1n) is 6.88. The van der Waals surface area contributed by atoms with Crippen molar-refractivity contribution in [1.29, 1.82) is 0 Å². The number of rotatable bonds is 4. The van der Waals surface area contributed by atoms with E-state index >= 15 is 0 Å². The van der Waals surface area contributed by atoms with Gasteiger partial charge in [-0.05, 0) is 50.3 Å². The van der Waals surface area contributed by atoms with Gasteiger partial charge in [0.2, 0.25) is 5.91 Å². The number of hydrogen-bond acceptors (Lipinski definition) is 3. The Morgan fingerprint density at radius 3 is 2.68 bits per heavy atom. The number of benzene rings is 1. The average Bonchev–Trinajstić information content (AvgIpc) is 2.48. The van der Waals surface area contributed by atoms with E-state index in [0.717, 1.165) is 24.9 Å². The summed E-state index contributed by atoms with van der Waals surface area (Å²) in [6.07, 6.45) is 5.33. The average molecular weight is 278 g/mol. The number of nitrogens with one attached hydrogen (secondary N) is 2. The van der Waals surface area contributed by atoms with E-state index in [0.29, 0.717) is 0 Å². The van der Waals surface area contributed by atoms with E-state index in [4.69, 9.17) is 0 Å². The molecule has 1 saturated heterocycles. The zero-order valence-electron chi connectivity index (χ0n) is 11.6. The molecule has 0 bridgehead atoms. The van der Waals surface area contributed by atoms with Crippen molar-refractivity contribution in [2.45, 2.75) is 43.2 Å². The molecular formula is C15H22N2OS. The molecule has 1 heterocycles. The summed E-state index contributed by atoms with van der Waals surface area (Å²) in [5, 5.41) is 6.37. The first-order chi connectivity index (χ1) is 9.20. The van der Waals surface area contributed by atoms with Gasteiger partial charge in [-0.3, -0.25) is 4.79 Å². The number of carbonyl (C=O) groups excluding carboxylic acids is 1. The van der Waals surface area contributed by atoms with Gasteiger partial charge in [-0.25, -0.2) is 0 Å². The van der Waals surface area contributed by atoms with Crippen LogP contribution in [0.3, 0.4) is 0 Å². The Labute approximate surface area is 119 Å². The maximum Gasteiger partial charge on any atom is 0.237 e. The van der Waals surface area contributed by atoms with Gasteiger partial charge in [-0.2, -0.15) is 0 Å². The Balaban J connectivity index is 1.91. The molecule has 1 amide bonds. The lowest BCUT2D eigenvalue weighted by Gasteiger charge is -2.24. The molecule has 2 N–H and O–H groups in total. The Kier molecular flexibility index (Phi) is 5.28. The Hall–Kier alpha value is -1.00. The van der Waals surface area contributed by atoms with Crippen molar-refractivity contribution in [2.24, 2.45) is 0 Å². The number of carbonyl (C=O) groups is 1. The van der Waals surface area contributed by atoms with E-state index in [2.05, 4.69) is 41.2 Å². The van der Waals surface area contributed by atoms with Crippen molar-refractivity contribution < 1.29 is 4.79 Å². The van der Waals surface area contributed by atoms with Crippen LogP contribution in [0.1, 0.15) is 37.8 Å². The van der Waals surface area contributed by atoms with Crippen LogP contribution in [0.15, 0.2) is 29.2 Å². The molecule has 0 aliphatic carbocycles. The van der Waals surface area contributed by atoms with Crippen LogP contribution in [0.25, 0.3) is 0 Å². The Bertz CT molecular complexity index is 413. The molecule has 104 valence electrons. The van der Waals surface area contributed by atoms with Crippen LogP contribution in [0.2, 0.25) is 0 Å². The van der Waals surface area contributed by atoms with Gasteiger partial charge in [0, 0.05) is 4.90 Å². The predicted octanol–water partition coefficient (Wildman–Crippen LogP) is 2.73. The van der Waals surface area contributed by atoms with Crippen molar-refractivity contribution >= 4 is 17.7 Å². The van der Waals surface area contributed by atoms with E-state index in [1.54, 1.807) is 11.8 Å². The summed E-state index contributed by atoms with van der Waals surface area (Å²) in [6.45, 7) is 2.99. The number of piperidine rings is 1. The van der Waals surface area contributed by atoms with Gasteiger partial charge in [0.05, 0.1) is 12.1 Å². The molecule has 0 spiro atoms. The fraction of sp³-hybridized carbons (Fsp3) is 0.533. The normalized spacial score (nSPS) is 20.8. The second-order valence-corrected chi connectivity index (χ2v) is 5.89. The molecule has 3 nitrogen and oxygen atoms in total. The smallest absolute Gasteiger partial charge is 0.237 e. The first-order valence-corrected chi connectivity index (χ1v) is 8.11. The third-order valence-corrected chi connectivity index (χ3v) is 4.34. The SMILES string of the molecule is CSc1ccc(C(C)NC(=O)[C@@H]2CCCCN2)cc1. The molecular weight excluding hydrogens is 256 g/mol. The lowest BCUT2D eigenvalue weighted by molar-refractivity contribution is -0.124. The van der Waals surface area contributed by atoms with Crippen molar-refractivity contribution in [3.05, 3.63) is 29.8 Å². The fourth-order valence-electron chi connectivity index (χ4n) is 2.37. The molecule has 1 aromatic rings. The zero-order chi connectivity index (χ0) is 13.7. The molecule has 1 aromatic carbocycles. The van der Waals surface area contributed by atoms with Crippen LogP contribution < -0.4 is 10.6 Å². The van der Waals surface area contributed by atoms with Crippen LogP contribution in [0, 0.1) is 0 Å².